The summed E-state index contributed by atoms with van der Waals surface area (Å²) in [6, 6.07) is 9.28. The lowest BCUT2D eigenvalue weighted by atomic mass is 10.0. The molecule has 0 unspecified atom stereocenters. The molecule has 2 saturated heterocycles. The molecule has 9 heteroatoms. The largest absolute Gasteiger partial charge is 0.483 e. The number of rotatable bonds is 6. The van der Waals surface area contributed by atoms with Gasteiger partial charge in [-0.15, -0.1) is 0 Å². The number of nitrogens with one attached hydrogen (secondary N) is 1. The molecule has 0 spiro atoms. The van der Waals surface area contributed by atoms with Gasteiger partial charge in [-0.2, -0.15) is 0 Å². The van der Waals surface area contributed by atoms with Crippen molar-refractivity contribution in [2.24, 2.45) is 5.92 Å². The van der Waals surface area contributed by atoms with E-state index >= 15 is 0 Å². The molecule has 2 aliphatic rings. The molecule has 1 aromatic carbocycles. The van der Waals surface area contributed by atoms with E-state index in [1.54, 1.807) is 0 Å². The Kier molecular flexibility index (Phi) is 14.0. The third-order valence-corrected chi connectivity index (χ3v) is 6.10. The highest BCUT2D eigenvalue weighted by Crippen LogP contribution is 2.19. The highest BCUT2D eigenvalue weighted by Gasteiger charge is 2.27. The van der Waals surface area contributed by atoms with E-state index in [0.29, 0.717) is 12.6 Å². The van der Waals surface area contributed by atoms with Gasteiger partial charge in [0.05, 0.1) is 5.92 Å². The first-order valence-corrected chi connectivity index (χ1v) is 11.4. The van der Waals surface area contributed by atoms with Crippen molar-refractivity contribution in [3.05, 3.63) is 35.4 Å². The fraction of sp³-hybridized carbons (Fsp3) is 0.625. The summed E-state index contributed by atoms with van der Waals surface area (Å²) in [5.74, 6) is 0.289. The summed E-state index contributed by atoms with van der Waals surface area (Å²) < 4.78 is 0. The molecule has 2 fully saturated rings. The van der Waals surface area contributed by atoms with Crippen LogP contribution in [0.2, 0.25) is 0 Å². The molecule has 33 heavy (non-hydrogen) atoms. The van der Waals surface area contributed by atoms with E-state index in [1.807, 2.05) is 0 Å². The topological polar surface area (TPSA) is 113 Å². The normalized spacial score (nSPS) is 21.1. The third-order valence-electron chi connectivity index (χ3n) is 6.10. The quantitative estimate of drug-likeness (QED) is 0.544. The van der Waals surface area contributed by atoms with Crippen LogP contribution in [0, 0.1) is 5.92 Å². The molecule has 0 bridgehead atoms. The highest BCUT2D eigenvalue weighted by molar-refractivity contribution is 5.78. The first kappa shape index (κ1) is 28.5. The number of benzene rings is 1. The Balaban J connectivity index is 0.000000819. The number of carboxylic acid groups (broad SMARTS) is 2. The molecular weight excluding hydrogens is 424 g/mol. The first-order valence-electron chi connectivity index (χ1n) is 11.4. The molecule has 186 valence electrons. The van der Waals surface area contributed by atoms with Crippen LogP contribution >= 0.6 is 0 Å². The Hall–Kier alpha value is -2.49. The smallest absolute Gasteiger partial charge is 0.290 e. The summed E-state index contributed by atoms with van der Waals surface area (Å²) >= 11 is 0. The fourth-order valence-corrected chi connectivity index (χ4v) is 4.32. The van der Waals surface area contributed by atoms with Crippen molar-refractivity contribution in [1.29, 1.82) is 0 Å². The molecule has 2 heterocycles. The van der Waals surface area contributed by atoms with E-state index in [-0.39, 0.29) is 24.8 Å². The molecule has 9 nitrogen and oxygen atoms in total. The van der Waals surface area contributed by atoms with Crippen molar-refractivity contribution in [1.82, 2.24) is 20.0 Å². The van der Waals surface area contributed by atoms with Crippen LogP contribution in [0.1, 0.15) is 36.8 Å². The number of carbonyl (C=O) groups is 3. The Morgan fingerprint density at radius 1 is 1.03 bits per heavy atom. The van der Waals surface area contributed by atoms with Crippen LogP contribution in [0.25, 0.3) is 0 Å². The molecule has 1 aromatic rings. The van der Waals surface area contributed by atoms with Gasteiger partial charge in [-0.25, -0.2) is 0 Å². The van der Waals surface area contributed by atoms with Gasteiger partial charge in [0.25, 0.3) is 12.9 Å². The zero-order valence-electron chi connectivity index (χ0n) is 20.2. The zero-order valence-corrected chi connectivity index (χ0v) is 20.2. The lowest BCUT2D eigenvalue weighted by molar-refractivity contribution is -0.126. The van der Waals surface area contributed by atoms with Gasteiger partial charge >= 0.3 is 0 Å². The lowest BCUT2D eigenvalue weighted by Crippen LogP contribution is -2.39. The van der Waals surface area contributed by atoms with Crippen LogP contribution in [0.3, 0.4) is 0 Å². The Labute approximate surface area is 197 Å². The van der Waals surface area contributed by atoms with E-state index in [2.05, 4.69) is 65.4 Å². The molecule has 0 saturated carbocycles. The first-order chi connectivity index (χ1) is 15.8. The number of amides is 1. The van der Waals surface area contributed by atoms with E-state index in [9.17, 15) is 4.79 Å². The van der Waals surface area contributed by atoms with Crippen molar-refractivity contribution in [2.75, 3.05) is 47.3 Å². The molecule has 0 aromatic heterocycles. The SMILES string of the molecule is CN1C[C@H](C(=O)NCc2ccc(CN3CCCC3)cc2)CC[C@H](N(C)C)C1.O=CO.O=CO. The highest BCUT2D eigenvalue weighted by atomic mass is 16.3. The minimum absolute atomic E-state index is 0.0920. The molecule has 3 rings (SSSR count). The van der Waals surface area contributed by atoms with Crippen molar-refractivity contribution in [2.45, 2.75) is 44.8 Å². The zero-order chi connectivity index (χ0) is 24.6. The second kappa shape index (κ2) is 16.2. The number of likely N-dealkylation sites (N-methyl/N-ethyl adjacent to an activating group) is 2. The van der Waals surface area contributed by atoms with Gasteiger partial charge in [-0.1, -0.05) is 24.3 Å². The van der Waals surface area contributed by atoms with Crippen LogP contribution in [0.5, 0.6) is 0 Å². The molecular formula is C24H40N4O5. The number of nitrogens with zero attached hydrogens (tertiary/aromatic N) is 3. The van der Waals surface area contributed by atoms with Crippen LogP contribution in [0.15, 0.2) is 24.3 Å². The lowest BCUT2D eigenvalue weighted by Gasteiger charge is -2.25. The Morgan fingerprint density at radius 2 is 1.58 bits per heavy atom. The summed E-state index contributed by atoms with van der Waals surface area (Å²) in [5.41, 5.74) is 2.55. The summed E-state index contributed by atoms with van der Waals surface area (Å²) in [6.45, 7) is 5.51. The minimum atomic E-state index is -0.250. The Morgan fingerprint density at radius 3 is 2.12 bits per heavy atom. The Bertz CT molecular complexity index is 687. The average molecular weight is 465 g/mol. The van der Waals surface area contributed by atoms with E-state index in [0.717, 1.165) is 32.5 Å². The van der Waals surface area contributed by atoms with Crippen LogP contribution in [-0.2, 0) is 27.5 Å². The molecule has 2 aliphatic heterocycles. The van der Waals surface area contributed by atoms with Gasteiger partial charge in [-0.3, -0.25) is 19.3 Å². The van der Waals surface area contributed by atoms with Crippen LogP contribution in [0.4, 0.5) is 0 Å². The van der Waals surface area contributed by atoms with E-state index in [1.165, 1.54) is 37.1 Å². The van der Waals surface area contributed by atoms with E-state index in [4.69, 9.17) is 19.8 Å². The maximum absolute atomic E-state index is 12.7. The number of hydrogen-bond donors (Lipinski definition) is 3. The summed E-state index contributed by atoms with van der Waals surface area (Å²) in [6.07, 6.45) is 4.71. The minimum Gasteiger partial charge on any atom is -0.483 e. The predicted octanol–water partition coefficient (Wildman–Crippen LogP) is 1.57. The molecule has 0 radical (unpaired) electrons. The van der Waals surface area contributed by atoms with E-state index < -0.39 is 0 Å². The van der Waals surface area contributed by atoms with Gasteiger partial charge in [-0.05, 0) is 71.0 Å². The van der Waals surface area contributed by atoms with Crippen molar-refractivity contribution >= 4 is 18.9 Å². The molecule has 1 amide bonds. The van der Waals surface area contributed by atoms with Crippen molar-refractivity contribution in [3.63, 3.8) is 0 Å². The van der Waals surface area contributed by atoms with Gasteiger partial charge in [0, 0.05) is 32.2 Å². The number of carbonyl (C=O) groups excluding carboxylic acids is 1. The molecule has 3 N–H and O–H groups in total. The van der Waals surface area contributed by atoms with Crippen LogP contribution < -0.4 is 5.32 Å². The summed E-state index contributed by atoms with van der Waals surface area (Å²) in [5, 5.41) is 16.9. The monoisotopic (exact) mass is 464 g/mol. The van der Waals surface area contributed by atoms with Gasteiger partial charge < -0.3 is 25.3 Å². The molecule has 0 aliphatic carbocycles. The summed E-state index contributed by atoms with van der Waals surface area (Å²) in [4.78, 5) is 36.5. The predicted molar refractivity (Wildman–Crippen MR) is 128 cm³/mol. The summed E-state index contributed by atoms with van der Waals surface area (Å²) in [7, 11) is 6.39. The van der Waals surface area contributed by atoms with Crippen molar-refractivity contribution < 1.29 is 24.6 Å². The molecule has 2 atom stereocenters. The van der Waals surface area contributed by atoms with Crippen LogP contribution in [-0.4, -0.2) is 97.1 Å². The van der Waals surface area contributed by atoms with Crippen molar-refractivity contribution in [3.8, 4) is 0 Å². The standard InChI is InChI=1S/C22H36N4O.2CH2O2/c1-24(2)21-11-10-20(16-25(3)17-21)22(27)23-14-18-6-8-19(9-7-18)15-26-12-4-5-13-26;2*2-1-3/h6-9,20-21H,4-5,10-17H2,1-3H3,(H,23,27);2*1H,(H,2,3)/t20-,21+;;/m1../s1. The maximum Gasteiger partial charge on any atom is 0.290 e. The fourth-order valence-electron chi connectivity index (χ4n) is 4.32. The number of likely N-dealkylation sites (tertiary alicyclic amines) is 2. The maximum atomic E-state index is 12.7. The van der Waals surface area contributed by atoms with Gasteiger partial charge in [0.1, 0.15) is 0 Å². The second-order valence-electron chi connectivity index (χ2n) is 8.84. The average Bonchev–Trinajstić information content (AvgIpc) is 3.20. The van der Waals surface area contributed by atoms with Gasteiger partial charge in [0.15, 0.2) is 0 Å². The van der Waals surface area contributed by atoms with Gasteiger partial charge in [0.2, 0.25) is 5.91 Å². The number of hydrogen-bond acceptors (Lipinski definition) is 6. The second-order valence-corrected chi connectivity index (χ2v) is 8.84. The third kappa shape index (κ3) is 11.3.